The third-order valence-corrected chi connectivity index (χ3v) is 4.39. The molecule has 0 radical (unpaired) electrons. The molecule has 1 N–H and O–H groups in total. The highest BCUT2D eigenvalue weighted by atomic mass is 19.1. The predicted octanol–water partition coefficient (Wildman–Crippen LogP) is 5.28. The average molecular weight is 424 g/mol. The second-order valence-corrected chi connectivity index (χ2v) is 8.11. The number of hydrogen-bond donors (Lipinski definition) is 1. The minimum Gasteiger partial charge on any atom is -0.380 e. The van der Waals surface area contributed by atoms with Crippen molar-refractivity contribution in [2.45, 2.75) is 27.3 Å². The summed E-state index contributed by atoms with van der Waals surface area (Å²) in [5, 5.41) is 18.8. The Labute approximate surface area is 179 Å². The van der Waals surface area contributed by atoms with Gasteiger partial charge in [-0.2, -0.15) is 5.10 Å². The van der Waals surface area contributed by atoms with Crippen LogP contribution in [0, 0.1) is 39.0 Å². The van der Waals surface area contributed by atoms with Crippen LogP contribution in [0.1, 0.15) is 31.9 Å². The molecule has 0 aliphatic carbocycles. The zero-order chi connectivity index (χ0) is 22.8. The molecule has 0 atom stereocenters. The number of non-ortho nitro benzene ring substituents is 1. The van der Waals surface area contributed by atoms with Crippen molar-refractivity contribution in [3.8, 4) is 23.1 Å². The number of hydrogen-bond acceptors (Lipinski definition) is 4. The van der Waals surface area contributed by atoms with Crippen molar-refractivity contribution < 1.29 is 13.7 Å². The van der Waals surface area contributed by atoms with E-state index in [4.69, 9.17) is 0 Å². The molecule has 6 nitrogen and oxygen atoms in total. The summed E-state index contributed by atoms with van der Waals surface area (Å²) in [5.41, 5.74) is 1.41. The van der Waals surface area contributed by atoms with Crippen molar-refractivity contribution in [2.75, 3.05) is 5.32 Å². The maximum Gasteiger partial charge on any atom is 0.270 e. The third kappa shape index (κ3) is 5.25. The fourth-order valence-corrected chi connectivity index (χ4v) is 2.91. The van der Waals surface area contributed by atoms with Gasteiger partial charge >= 0.3 is 0 Å². The van der Waals surface area contributed by atoms with Crippen molar-refractivity contribution >= 4 is 11.4 Å². The molecular formula is C23H22F2N4O2. The van der Waals surface area contributed by atoms with Crippen molar-refractivity contribution in [1.82, 2.24) is 9.78 Å². The highest BCUT2D eigenvalue weighted by molar-refractivity contribution is 5.81. The monoisotopic (exact) mass is 424 g/mol. The Morgan fingerprint density at radius 3 is 2.48 bits per heavy atom. The van der Waals surface area contributed by atoms with E-state index in [1.54, 1.807) is 17.9 Å². The quantitative estimate of drug-likeness (QED) is 0.343. The molecule has 0 fully saturated rings. The molecule has 0 saturated carbocycles. The van der Waals surface area contributed by atoms with Gasteiger partial charge in [0.1, 0.15) is 17.3 Å². The van der Waals surface area contributed by atoms with Crippen LogP contribution in [0.25, 0.3) is 11.3 Å². The highest BCUT2D eigenvalue weighted by Crippen LogP contribution is 2.33. The van der Waals surface area contributed by atoms with E-state index in [9.17, 15) is 18.9 Å². The van der Waals surface area contributed by atoms with Gasteiger partial charge in [0, 0.05) is 54.2 Å². The van der Waals surface area contributed by atoms with Gasteiger partial charge in [-0.15, -0.1) is 0 Å². The van der Waals surface area contributed by atoms with Crippen LogP contribution < -0.4 is 5.32 Å². The summed E-state index contributed by atoms with van der Waals surface area (Å²) in [4.78, 5) is 10.8. The van der Waals surface area contributed by atoms with Gasteiger partial charge in [-0.1, -0.05) is 17.9 Å². The standard InChI is InChI=1S/C23H22F2N4O2/c1-23(2,3)11-10-15-14-28(4)27-22(15)17-12-16(29(30)31)8-9-21(17)26-13-18-19(24)6-5-7-20(18)25/h5-9,12,14,26H,13H2,1-4H3. The van der Waals surface area contributed by atoms with Crippen LogP contribution in [0.2, 0.25) is 0 Å². The first-order chi connectivity index (χ1) is 14.5. The number of nitrogens with one attached hydrogen (secondary N) is 1. The predicted molar refractivity (Wildman–Crippen MR) is 115 cm³/mol. The summed E-state index contributed by atoms with van der Waals surface area (Å²) in [6, 6.07) is 7.85. The van der Waals surface area contributed by atoms with Gasteiger partial charge < -0.3 is 5.32 Å². The maximum absolute atomic E-state index is 14.0. The van der Waals surface area contributed by atoms with E-state index in [1.165, 1.54) is 36.4 Å². The minimum atomic E-state index is -0.675. The Morgan fingerprint density at radius 2 is 1.87 bits per heavy atom. The first kappa shape index (κ1) is 22.0. The average Bonchev–Trinajstić information content (AvgIpc) is 3.06. The summed E-state index contributed by atoms with van der Waals surface area (Å²) >= 11 is 0. The van der Waals surface area contributed by atoms with Gasteiger partial charge in [-0.25, -0.2) is 8.78 Å². The van der Waals surface area contributed by atoms with Crippen LogP contribution in [-0.2, 0) is 13.6 Å². The molecule has 3 aromatic rings. The second kappa shape index (κ2) is 8.56. The van der Waals surface area contributed by atoms with Gasteiger partial charge in [0.15, 0.2) is 0 Å². The Hall–Kier alpha value is -3.73. The Kier molecular flexibility index (Phi) is 6.07. The van der Waals surface area contributed by atoms with Crippen molar-refractivity contribution in [3.05, 3.63) is 75.5 Å². The number of nitrogens with zero attached hydrogens (tertiary/aromatic N) is 3. The number of anilines is 1. The van der Waals surface area contributed by atoms with Crippen LogP contribution >= 0.6 is 0 Å². The summed E-state index contributed by atoms with van der Waals surface area (Å²) in [7, 11) is 1.73. The maximum atomic E-state index is 14.0. The number of halogens is 2. The molecule has 1 aromatic heterocycles. The molecule has 160 valence electrons. The molecule has 31 heavy (non-hydrogen) atoms. The molecule has 0 aliphatic rings. The summed E-state index contributed by atoms with van der Waals surface area (Å²) in [6.45, 7) is 5.77. The number of rotatable bonds is 5. The zero-order valence-electron chi connectivity index (χ0n) is 17.7. The minimum absolute atomic E-state index is 0.124. The normalized spacial score (nSPS) is 11.0. The van der Waals surface area contributed by atoms with Crippen LogP contribution in [-0.4, -0.2) is 14.7 Å². The first-order valence-corrected chi connectivity index (χ1v) is 9.57. The lowest BCUT2D eigenvalue weighted by Crippen LogP contribution is -2.06. The lowest BCUT2D eigenvalue weighted by molar-refractivity contribution is -0.384. The van der Waals surface area contributed by atoms with Crippen LogP contribution in [0.5, 0.6) is 0 Å². The molecule has 2 aromatic carbocycles. The van der Waals surface area contributed by atoms with E-state index in [2.05, 4.69) is 22.3 Å². The summed E-state index contributed by atoms with van der Waals surface area (Å²) in [6.07, 6.45) is 1.73. The van der Waals surface area contributed by atoms with Gasteiger partial charge in [0.05, 0.1) is 10.5 Å². The van der Waals surface area contributed by atoms with E-state index in [0.29, 0.717) is 22.5 Å². The Bertz CT molecular complexity index is 1180. The van der Waals surface area contributed by atoms with Crippen molar-refractivity contribution in [3.63, 3.8) is 0 Å². The van der Waals surface area contributed by atoms with E-state index in [-0.39, 0.29) is 23.2 Å². The molecule has 1 heterocycles. The lowest BCUT2D eigenvalue weighted by atomic mass is 9.97. The van der Waals surface area contributed by atoms with Gasteiger partial charge in [-0.3, -0.25) is 14.8 Å². The molecule has 8 heteroatoms. The molecule has 0 bridgehead atoms. The van der Waals surface area contributed by atoms with Crippen LogP contribution in [0.4, 0.5) is 20.2 Å². The largest absolute Gasteiger partial charge is 0.380 e. The summed E-state index contributed by atoms with van der Waals surface area (Å²) < 4.78 is 29.6. The zero-order valence-corrected chi connectivity index (χ0v) is 17.7. The molecule has 0 saturated heterocycles. The Balaban J connectivity index is 2.08. The Morgan fingerprint density at radius 1 is 1.19 bits per heavy atom. The highest BCUT2D eigenvalue weighted by Gasteiger charge is 2.19. The van der Waals surface area contributed by atoms with Crippen LogP contribution in [0.3, 0.4) is 0 Å². The molecule has 0 spiro atoms. The number of nitro benzene ring substituents is 1. The van der Waals surface area contributed by atoms with E-state index in [1.807, 2.05) is 20.8 Å². The van der Waals surface area contributed by atoms with Crippen LogP contribution in [0.15, 0.2) is 42.6 Å². The number of benzene rings is 2. The number of aromatic nitrogens is 2. The van der Waals surface area contributed by atoms with Crippen molar-refractivity contribution in [1.29, 1.82) is 0 Å². The molecule has 3 rings (SSSR count). The van der Waals surface area contributed by atoms with Gasteiger partial charge in [0.2, 0.25) is 0 Å². The number of aryl methyl sites for hydroxylation is 1. The molecule has 0 unspecified atom stereocenters. The molecule has 0 aliphatic heterocycles. The first-order valence-electron chi connectivity index (χ1n) is 9.57. The fraction of sp³-hybridized carbons (Fsp3) is 0.261. The van der Waals surface area contributed by atoms with E-state index < -0.39 is 16.6 Å². The lowest BCUT2D eigenvalue weighted by Gasteiger charge is -2.12. The third-order valence-electron chi connectivity index (χ3n) is 4.39. The van der Waals surface area contributed by atoms with Gasteiger partial charge in [-0.05, 0) is 39.0 Å². The smallest absolute Gasteiger partial charge is 0.270 e. The van der Waals surface area contributed by atoms with Gasteiger partial charge in [0.25, 0.3) is 5.69 Å². The van der Waals surface area contributed by atoms with Crippen molar-refractivity contribution in [2.24, 2.45) is 12.5 Å². The summed E-state index contributed by atoms with van der Waals surface area (Å²) in [5.74, 6) is 4.87. The fourth-order valence-electron chi connectivity index (χ4n) is 2.91. The van der Waals surface area contributed by atoms with E-state index in [0.717, 1.165) is 0 Å². The molecule has 0 amide bonds. The van der Waals surface area contributed by atoms with E-state index >= 15 is 0 Å². The topological polar surface area (TPSA) is 73.0 Å². The number of nitro groups is 1. The molecular weight excluding hydrogens is 402 g/mol. The second-order valence-electron chi connectivity index (χ2n) is 8.11. The SMILES string of the molecule is Cn1cc(C#CC(C)(C)C)c(-c2cc([N+](=O)[O-])ccc2NCc2c(F)cccc2F)n1.